The van der Waals surface area contributed by atoms with Crippen LogP contribution in [0.1, 0.15) is 41.5 Å². The Labute approximate surface area is 195 Å². The fraction of sp³-hybridized carbons (Fsp3) is 1.00. The molecule has 10 heteroatoms. The number of rotatable bonds is 12. The first-order valence-corrected chi connectivity index (χ1v) is 35.7. The zero-order valence-corrected chi connectivity index (χ0v) is 28.7. The van der Waals surface area contributed by atoms with Crippen molar-refractivity contribution in [2.45, 2.75) is 45.4 Å². The van der Waals surface area contributed by atoms with Crippen LogP contribution in [0.25, 0.3) is 0 Å². The van der Waals surface area contributed by atoms with Crippen LogP contribution in [0.3, 0.4) is 0 Å². The van der Waals surface area contributed by atoms with Crippen LogP contribution in [0.4, 0.5) is 0 Å². The molecule has 0 aromatic rings. The Morgan fingerprint density at radius 1 is 0.773 bits per heavy atom. The summed E-state index contributed by atoms with van der Waals surface area (Å²) in [6.45, 7) is 15.3. The molecule has 0 aliphatic rings. The molecular formula is C12H30I6O2S2-4. The van der Waals surface area contributed by atoms with Gasteiger partial charge in [-0.05, 0) is 0 Å². The third-order valence-corrected chi connectivity index (χ3v) is 55.8. The van der Waals surface area contributed by atoms with Gasteiger partial charge in [-0.1, -0.05) is 0 Å². The average molecular weight is 1030 g/mol. The molecule has 0 amide bonds. The van der Waals surface area contributed by atoms with Gasteiger partial charge in [-0.25, -0.2) is 0 Å². The molecule has 0 aromatic carbocycles. The fourth-order valence-electron chi connectivity index (χ4n) is 0.891. The van der Waals surface area contributed by atoms with Crippen LogP contribution >= 0.6 is 49.3 Å². The predicted molar refractivity (Wildman–Crippen MR) is 109 cm³/mol. The van der Waals surface area contributed by atoms with Crippen molar-refractivity contribution >= 4 is 49.3 Å². The number of hydrogen-bond donors (Lipinski definition) is 2. The first-order chi connectivity index (χ1) is 10.4. The van der Waals surface area contributed by atoms with E-state index in [9.17, 15) is 0 Å². The van der Waals surface area contributed by atoms with Crippen molar-refractivity contribution in [3.63, 3.8) is 0 Å². The molecule has 0 heterocycles. The number of halogens is 6. The van der Waals surface area contributed by atoms with Gasteiger partial charge in [-0.3, -0.25) is 0 Å². The average Bonchev–Trinajstić information content (AvgIpc) is 2.40. The Kier molecular flexibility index (Phi) is 29.6. The van der Waals surface area contributed by atoms with Crippen molar-refractivity contribution in [1.82, 2.24) is 0 Å². The summed E-state index contributed by atoms with van der Waals surface area (Å²) < 4.78 is 16.0. The molecule has 0 bridgehead atoms. The molecule has 0 aromatic heterocycles. The van der Waals surface area contributed by atoms with Crippen molar-refractivity contribution in [3.8, 4) is 0 Å². The van der Waals surface area contributed by atoms with Gasteiger partial charge in [0.05, 0.1) is 0 Å². The van der Waals surface area contributed by atoms with Gasteiger partial charge in [0.25, 0.3) is 0 Å². The summed E-state index contributed by atoms with van der Waals surface area (Å²) >= 11 is -0.609. The van der Waals surface area contributed by atoms with Gasteiger partial charge >= 0.3 is 200 Å². The predicted octanol–water partition coefficient (Wildman–Crippen LogP) is -6.50. The molecule has 2 unspecified atom stereocenters. The maximum absolute atomic E-state index is 5.55. The summed E-state index contributed by atoms with van der Waals surface area (Å²) in [5.74, 6) is 0. The number of alkyl halides is 6. The normalized spacial score (nSPS) is 15.5. The van der Waals surface area contributed by atoms with Crippen molar-refractivity contribution in [2.24, 2.45) is 0 Å². The molecule has 0 saturated carbocycles. The number of thiol groups is 2. The second kappa shape index (κ2) is 22.3. The van der Waals surface area contributed by atoms with Crippen LogP contribution in [0.5, 0.6) is 0 Å². The van der Waals surface area contributed by atoms with Crippen LogP contribution in [0, 0.1) is 0 Å². The summed E-state index contributed by atoms with van der Waals surface area (Å²) in [5, 5.41) is 0. The van der Waals surface area contributed by atoms with Gasteiger partial charge < -0.3 is 0 Å². The summed E-state index contributed by atoms with van der Waals surface area (Å²) in [6.07, 6.45) is 0. The molecule has 0 spiro atoms. The molecule has 0 fully saturated rings. The third kappa shape index (κ3) is 23.0. The van der Waals surface area contributed by atoms with E-state index >= 15 is 0 Å². The molecule has 2 nitrogen and oxygen atoms in total. The monoisotopic (exact) mass is 1030 g/mol. The quantitative estimate of drug-likeness (QED) is 0.115. The van der Waals surface area contributed by atoms with E-state index in [4.69, 9.17) is 6.13 Å². The summed E-state index contributed by atoms with van der Waals surface area (Å²) in [5.41, 5.74) is 0. The molecule has 0 rings (SSSR count). The molecule has 0 aliphatic heterocycles. The van der Waals surface area contributed by atoms with Gasteiger partial charge in [0.2, 0.25) is 0 Å². The maximum atomic E-state index is 5.55. The molecule has 148 valence electrons. The topological polar surface area (TPSA) is 18.5 Å². The zero-order valence-electron chi connectivity index (χ0n) is 14.0. The number of hydrogen-bond acceptors (Lipinski definition) is 4. The molecule has 0 aliphatic carbocycles. The molecule has 22 heavy (non-hydrogen) atoms. The minimum absolute atomic E-state index is 0.334. The van der Waals surface area contributed by atoms with Crippen molar-refractivity contribution in [2.75, 3.05) is 22.1 Å². The Hall–Kier alpha value is 5.00. The van der Waals surface area contributed by atoms with Gasteiger partial charge in [-0.15, -0.1) is 0 Å². The summed E-state index contributed by atoms with van der Waals surface area (Å²) in [4.78, 5) is 0. The molecular weight excluding hydrogens is 1000 g/mol. The zero-order chi connectivity index (χ0) is 17.4. The summed E-state index contributed by atoms with van der Waals surface area (Å²) in [6, 6.07) is 0. The van der Waals surface area contributed by atoms with Crippen molar-refractivity contribution in [1.29, 1.82) is 0 Å². The van der Waals surface area contributed by atoms with Crippen LogP contribution in [-0.4, -0.2) is 25.9 Å². The van der Waals surface area contributed by atoms with Crippen LogP contribution < -0.4 is 76.9 Å². The fourth-order valence-corrected chi connectivity index (χ4v) is 74.4. The first-order valence-electron chi connectivity index (χ1n) is 6.90. The molecule has 0 radical (unpaired) electrons. The van der Waals surface area contributed by atoms with E-state index in [-0.39, 0.29) is 0 Å². The van der Waals surface area contributed by atoms with Crippen molar-refractivity contribution < 1.29 is 83.0 Å². The third-order valence-electron chi connectivity index (χ3n) is 1.50. The Bertz CT molecular complexity index is 190. The van der Waals surface area contributed by atoms with Crippen LogP contribution in [0.15, 0.2) is 0 Å². The second-order valence-electron chi connectivity index (χ2n) is 3.22. The summed E-state index contributed by atoms with van der Waals surface area (Å²) in [7, 11) is 9.09. The first kappa shape index (κ1) is 29.2. The van der Waals surface area contributed by atoms with Gasteiger partial charge in [0.1, 0.15) is 0 Å². The van der Waals surface area contributed by atoms with Crippen LogP contribution in [0.2, 0.25) is 0 Å². The van der Waals surface area contributed by atoms with E-state index in [0.717, 1.165) is 17.1 Å². The van der Waals surface area contributed by atoms with E-state index in [2.05, 4.69) is 61.1 Å². The Balaban J connectivity index is 0. The van der Waals surface area contributed by atoms with Gasteiger partial charge in [-0.2, -0.15) is 0 Å². The van der Waals surface area contributed by atoms with Gasteiger partial charge in [0.15, 0.2) is 0 Å². The van der Waals surface area contributed by atoms with Gasteiger partial charge in [0, 0.05) is 0 Å². The second-order valence-corrected chi connectivity index (χ2v) is 53.7. The van der Waals surface area contributed by atoms with E-state index in [1.807, 2.05) is 0 Å². The van der Waals surface area contributed by atoms with Crippen LogP contribution in [-0.2, 0) is 6.13 Å². The molecule has 0 saturated heterocycles. The minimum atomic E-state index is -1.12. The van der Waals surface area contributed by atoms with E-state index in [1.165, 1.54) is 8.86 Å². The van der Waals surface area contributed by atoms with Crippen molar-refractivity contribution in [3.05, 3.63) is 0 Å². The van der Waals surface area contributed by atoms with E-state index < -0.39 is 29.7 Å². The SMILES string of the molecule is CCOI(S)[I-]C(C)[I-]CC.CCOI(S)[I-]C(C)[I-]CC. The molecule has 2 atom stereocenters. The standard InChI is InChI=1S/2C6H15I3OS/c2*1-4-7-6(3)8-9(11)10-5-2/h2*6,11H,4-5H2,1-3H3/q2*-2. The molecule has 0 N–H and O–H groups in total. The van der Waals surface area contributed by atoms with E-state index in [0.29, 0.717) is 76.9 Å². The Morgan fingerprint density at radius 2 is 1.09 bits per heavy atom. The van der Waals surface area contributed by atoms with E-state index in [1.54, 1.807) is 0 Å². The Morgan fingerprint density at radius 3 is 1.32 bits per heavy atom.